The number of nitrogens with zero attached hydrogens (tertiary/aromatic N) is 1. The summed E-state index contributed by atoms with van der Waals surface area (Å²) in [6.45, 7) is 2.47. The van der Waals surface area contributed by atoms with Crippen molar-refractivity contribution in [2.24, 2.45) is 0 Å². The van der Waals surface area contributed by atoms with Gasteiger partial charge in [-0.05, 0) is 19.4 Å². The van der Waals surface area contributed by atoms with Crippen molar-refractivity contribution in [1.29, 1.82) is 0 Å². The van der Waals surface area contributed by atoms with Crippen LogP contribution < -0.4 is 10.0 Å². The molecule has 1 amide bonds. The monoisotopic (exact) mass is 307 g/mol. The normalized spacial score (nSPS) is 20.8. The third-order valence-electron chi connectivity index (χ3n) is 3.40. The Morgan fingerprint density at radius 1 is 1.35 bits per heavy atom. The van der Waals surface area contributed by atoms with Crippen molar-refractivity contribution in [2.45, 2.75) is 31.7 Å². The minimum Gasteiger partial charge on any atom is -0.395 e. The lowest BCUT2D eigenvalue weighted by Crippen LogP contribution is -2.45. The van der Waals surface area contributed by atoms with Crippen LogP contribution in [-0.2, 0) is 14.8 Å². The van der Waals surface area contributed by atoms with Crippen LogP contribution in [0.4, 0.5) is 0 Å². The Bertz CT molecular complexity index is 400. The summed E-state index contributed by atoms with van der Waals surface area (Å²) < 4.78 is 23.9. The quantitative estimate of drug-likeness (QED) is 0.528. The maximum Gasteiger partial charge on any atom is 0.221 e. The van der Waals surface area contributed by atoms with Crippen LogP contribution in [0.25, 0.3) is 0 Å². The van der Waals surface area contributed by atoms with Crippen LogP contribution in [0.15, 0.2) is 0 Å². The number of carbonyl (C=O) groups is 1. The zero-order valence-electron chi connectivity index (χ0n) is 12.0. The van der Waals surface area contributed by atoms with Gasteiger partial charge in [0, 0.05) is 32.1 Å². The SMILES string of the molecule is CS(=O)(=O)NCCC(=O)NCCN1CCCC[C@@H]1CO. The average molecular weight is 307 g/mol. The molecule has 7 nitrogen and oxygen atoms in total. The zero-order valence-corrected chi connectivity index (χ0v) is 12.8. The van der Waals surface area contributed by atoms with Gasteiger partial charge in [0.25, 0.3) is 0 Å². The van der Waals surface area contributed by atoms with Gasteiger partial charge in [-0.25, -0.2) is 13.1 Å². The second-order valence-corrected chi connectivity index (χ2v) is 6.97. The number of hydrogen-bond donors (Lipinski definition) is 3. The third-order valence-corrected chi connectivity index (χ3v) is 4.13. The first-order valence-electron chi connectivity index (χ1n) is 6.98. The van der Waals surface area contributed by atoms with Crippen molar-refractivity contribution in [3.8, 4) is 0 Å². The molecule has 8 heteroatoms. The number of amides is 1. The number of carbonyl (C=O) groups excluding carboxylic acids is 1. The molecule has 1 fully saturated rings. The number of sulfonamides is 1. The highest BCUT2D eigenvalue weighted by Crippen LogP contribution is 2.15. The highest BCUT2D eigenvalue weighted by molar-refractivity contribution is 7.88. The first-order valence-corrected chi connectivity index (χ1v) is 8.88. The standard InChI is InChI=1S/C12H25N3O4S/c1-20(18,19)14-6-5-12(17)13-7-9-15-8-3-2-4-11(15)10-16/h11,14,16H,2-10H2,1H3,(H,13,17)/t11-/m1/s1. The lowest BCUT2D eigenvalue weighted by Gasteiger charge is -2.34. The van der Waals surface area contributed by atoms with Crippen molar-refractivity contribution in [2.75, 3.05) is 39.0 Å². The van der Waals surface area contributed by atoms with Crippen LogP contribution >= 0.6 is 0 Å². The van der Waals surface area contributed by atoms with E-state index in [0.29, 0.717) is 6.54 Å². The summed E-state index contributed by atoms with van der Waals surface area (Å²) >= 11 is 0. The molecule has 0 saturated carbocycles. The van der Waals surface area contributed by atoms with Gasteiger partial charge in [-0.2, -0.15) is 0 Å². The fraction of sp³-hybridized carbons (Fsp3) is 0.917. The molecule has 0 aromatic heterocycles. The van der Waals surface area contributed by atoms with E-state index in [9.17, 15) is 18.3 Å². The van der Waals surface area contributed by atoms with Crippen molar-refractivity contribution in [1.82, 2.24) is 14.9 Å². The van der Waals surface area contributed by atoms with Crippen LogP contribution in [0.5, 0.6) is 0 Å². The topological polar surface area (TPSA) is 98.7 Å². The number of piperidine rings is 1. The molecule has 1 saturated heterocycles. The summed E-state index contributed by atoms with van der Waals surface area (Å²) in [5.74, 6) is -0.168. The van der Waals surface area contributed by atoms with Crippen LogP contribution in [0.3, 0.4) is 0 Å². The van der Waals surface area contributed by atoms with Crippen molar-refractivity contribution in [3.05, 3.63) is 0 Å². The van der Waals surface area contributed by atoms with E-state index in [0.717, 1.165) is 38.6 Å². The highest BCUT2D eigenvalue weighted by Gasteiger charge is 2.20. The molecule has 0 unspecified atom stereocenters. The van der Waals surface area contributed by atoms with E-state index in [1.807, 2.05) is 0 Å². The largest absolute Gasteiger partial charge is 0.395 e. The molecule has 0 bridgehead atoms. The minimum atomic E-state index is -3.23. The molecule has 0 radical (unpaired) electrons. The maximum atomic E-state index is 11.5. The Morgan fingerprint density at radius 3 is 2.75 bits per heavy atom. The predicted octanol–water partition coefficient (Wildman–Crippen LogP) is -1.11. The summed E-state index contributed by atoms with van der Waals surface area (Å²) in [4.78, 5) is 13.7. The van der Waals surface area contributed by atoms with Crippen molar-refractivity contribution < 1.29 is 18.3 Å². The molecule has 20 heavy (non-hydrogen) atoms. The molecule has 0 aliphatic carbocycles. The van der Waals surface area contributed by atoms with E-state index in [4.69, 9.17) is 0 Å². The van der Waals surface area contributed by atoms with Crippen molar-refractivity contribution >= 4 is 15.9 Å². The molecule has 1 aliphatic rings. The Morgan fingerprint density at radius 2 is 2.10 bits per heavy atom. The number of aliphatic hydroxyl groups excluding tert-OH is 1. The van der Waals surface area contributed by atoms with E-state index in [1.165, 1.54) is 0 Å². The zero-order chi connectivity index (χ0) is 15.0. The number of hydrogen-bond acceptors (Lipinski definition) is 5. The number of likely N-dealkylation sites (tertiary alicyclic amines) is 1. The molecule has 3 N–H and O–H groups in total. The number of rotatable bonds is 8. The Balaban J connectivity index is 2.14. The van der Waals surface area contributed by atoms with Crippen LogP contribution in [0.2, 0.25) is 0 Å². The smallest absolute Gasteiger partial charge is 0.221 e. The van der Waals surface area contributed by atoms with Crippen molar-refractivity contribution in [3.63, 3.8) is 0 Å². The first kappa shape index (κ1) is 17.4. The van der Waals surface area contributed by atoms with E-state index in [2.05, 4.69) is 14.9 Å². The molecule has 0 aromatic rings. The van der Waals surface area contributed by atoms with Gasteiger partial charge in [0.05, 0.1) is 12.9 Å². The molecular formula is C12H25N3O4S. The Hall–Kier alpha value is -0.700. The second-order valence-electron chi connectivity index (χ2n) is 5.13. The van der Waals surface area contributed by atoms with Gasteiger partial charge >= 0.3 is 0 Å². The van der Waals surface area contributed by atoms with Gasteiger partial charge in [0.2, 0.25) is 15.9 Å². The average Bonchev–Trinajstić information content (AvgIpc) is 2.38. The highest BCUT2D eigenvalue weighted by atomic mass is 32.2. The Kier molecular flexibility index (Phi) is 7.42. The third kappa shape index (κ3) is 7.18. The van der Waals surface area contributed by atoms with Gasteiger partial charge in [0.15, 0.2) is 0 Å². The summed E-state index contributed by atoms with van der Waals surface area (Å²) in [7, 11) is -3.23. The number of nitrogens with one attached hydrogen (secondary N) is 2. The summed E-state index contributed by atoms with van der Waals surface area (Å²) in [5.41, 5.74) is 0. The molecular weight excluding hydrogens is 282 g/mol. The predicted molar refractivity (Wildman–Crippen MR) is 76.8 cm³/mol. The molecule has 0 aromatic carbocycles. The fourth-order valence-electron chi connectivity index (χ4n) is 2.34. The fourth-order valence-corrected chi connectivity index (χ4v) is 2.81. The van der Waals surface area contributed by atoms with Crippen LogP contribution in [0, 0.1) is 0 Å². The molecule has 1 heterocycles. The van der Waals surface area contributed by atoms with Crippen LogP contribution in [0.1, 0.15) is 25.7 Å². The van der Waals surface area contributed by atoms with Gasteiger partial charge in [-0.15, -0.1) is 0 Å². The molecule has 0 spiro atoms. The van der Waals surface area contributed by atoms with Gasteiger partial charge < -0.3 is 10.4 Å². The van der Waals surface area contributed by atoms with Gasteiger partial charge in [0.1, 0.15) is 0 Å². The lowest BCUT2D eigenvalue weighted by molar-refractivity contribution is -0.121. The maximum absolute atomic E-state index is 11.5. The number of aliphatic hydroxyl groups is 1. The second kappa shape index (κ2) is 8.56. The van der Waals surface area contributed by atoms with E-state index in [1.54, 1.807) is 0 Å². The molecule has 1 aliphatic heterocycles. The molecule has 118 valence electrons. The van der Waals surface area contributed by atoms with Crippen LogP contribution in [-0.4, -0.2) is 69.4 Å². The lowest BCUT2D eigenvalue weighted by atomic mass is 10.0. The first-order chi connectivity index (χ1) is 9.42. The van der Waals surface area contributed by atoms with Gasteiger partial charge in [-0.1, -0.05) is 6.42 Å². The van der Waals surface area contributed by atoms with E-state index >= 15 is 0 Å². The van der Waals surface area contributed by atoms with E-state index in [-0.39, 0.29) is 31.5 Å². The summed E-state index contributed by atoms with van der Waals surface area (Å²) in [5, 5.41) is 12.0. The molecule has 1 atom stereocenters. The summed E-state index contributed by atoms with van der Waals surface area (Å²) in [6, 6.07) is 0.201. The summed E-state index contributed by atoms with van der Waals surface area (Å²) in [6.07, 6.45) is 4.48. The van der Waals surface area contributed by atoms with E-state index < -0.39 is 10.0 Å². The Labute approximate surface area is 120 Å². The van der Waals surface area contributed by atoms with Gasteiger partial charge in [-0.3, -0.25) is 9.69 Å². The minimum absolute atomic E-state index is 0.119. The molecule has 1 rings (SSSR count).